The van der Waals surface area contributed by atoms with E-state index in [1.54, 1.807) is 6.92 Å². The van der Waals surface area contributed by atoms with E-state index >= 15 is 0 Å². The second-order valence-corrected chi connectivity index (χ2v) is 2.73. The van der Waals surface area contributed by atoms with Crippen molar-refractivity contribution >= 4 is 11.5 Å². The Morgan fingerprint density at radius 2 is 2.08 bits per heavy atom. The maximum atomic E-state index is 13.0. The first kappa shape index (κ1) is 8.71. The minimum absolute atomic E-state index is 0.168. The van der Waals surface area contributed by atoms with Gasteiger partial charge in [0.05, 0.1) is 0 Å². The van der Waals surface area contributed by atoms with E-state index in [0.29, 0.717) is 11.1 Å². The summed E-state index contributed by atoms with van der Waals surface area (Å²) in [5.41, 5.74) is 6.37. The van der Waals surface area contributed by atoms with E-state index in [9.17, 15) is 9.18 Å². The van der Waals surface area contributed by atoms with E-state index in [2.05, 4.69) is 0 Å². The first-order chi connectivity index (χ1) is 5.52. The molecule has 1 aromatic rings. The van der Waals surface area contributed by atoms with E-state index in [1.807, 2.05) is 0 Å². The van der Waals surface area contributed by atoms with Crippen LogP contribution in [0.3, 0.4) is 0 Å². The van der Waals surface area contributed by atoms with Crippen molar-refractivity contribution in [2.75, 3.05) is 5.73 Å². The number of nitrogen functional groups attached to an aromatic ring is 1. The Bertz CT molecular complexity index is 334. The lowest BCUT2D eigenvalue weighted by Crippen LogP contribution is -2.00. The topological polar surface area (TPSA) is 43.1 Å². The molecular formula is C9H10FNO. The number of carbonyl (C=O) groups is 1. The average Bonchev–Trinajstić information content (AvgIpc) is 1.96. The number of anilines is 1. The van der Waals surface area contributed by atoms with Gasteiger partial charge in [-0.1, -0.05) is 0 Å². The molecule has 64 valence electrons. The molecule has 0 atom stereocenters. The number of carbonyl (C=O) groups excluding carboxylic acids is 1. The maximum Gasteiger partial charge on any atom is 0.160 e. The van der Waals surface area contributed by atoms with Crippen molar-refractivity contribution in [3.8, 4) is 0 Å². The van der Waals surface area contributed by atoms with Gasteiger partial charge in [-0.05, 0) is 31.5 Å². The summed E-state index contributed by atoms with van der Waals surface area (Å²) in [4.78, 5) is 10.9. The third-order valence-electron chi connectivity index (χ3n) is 1.75. The molecular weight excluding hydrogens is 157 g/mol. The lowest BCUT2D eigenvalue weighted by Gasteiger charge is -2.04. The van der Waals surface area contributed by atoms with Crippen molar-refractivity contribution in [2.24, 2.45) is 0 Å². The van der Waals surface area contributed by atoms with Crippen LogP contribution < -0.4 is 5.73 Å². The van der Waals surface area contributed by atoms with Crippen LogP contribution in [-0.4, -0.2) is 5.78 Å². The number of nitrogens with two attached hydrogens (primary N) is 1. The van der Waals surface area contributed by atoms with Gasteiger partial charge in [-0.25, -0.2) is 4.39 Å². The Morgan fingerprint density at radius 1 is 1.50 bits per heavy atom. The smallest absolute Gasteiger partial charge is 0.160 e. The zero-order chi connectivity index (χ0) is 9.30. The molecule has 0 amide bonds. The molecule has 3 heteroatoms. The van der Waals surface area contributed by atoms with Crippen LogP contribution in [0.25, 0.3) is 0 Å². The highest BCUT2D eigenvalue weighted by atomic mass is 19.1. The second-order valence-electron chi connectivity index (χ2n) is 2.73. The van der Waals surface area contributed by atoms with Crippen molar-refractivity contribution in [1.82, 2.24) is 0 Å². The zero-order valence-corrected chi connectivity index (χ0v) is 7.02. The standard InChI is InChI=1S/C9H10FNO/c1-5-8(6(2)12)3-7(11)4-9(5)10/h3-4H,11H2,1-2H3. The Hall–Kier alpha value is -1.38. The van der Waals surface area contributed by atoms with E-state index < -0.39 is 5.82 Å². The van der Waals surface area contributed by atoms with E-state index in [0.717, 1.165) is 0 Å². The molecule has 1 aromatic carbocycles. The molecule has 0 spiro atoms. The molecule has 2 nitrogen and oxygen atoms in total. The van der Waals surface area contributed by atoms with Gasteiger partial charge < -0.3 is 5.73 Å². The van der Waals surface area contributed by atoms with Gasteiger partial charge in [-0.2, -0.15) is 0 Å². The summed E-state index contributed by atoms with van der Waals surface area (Å²) in [5.74, 6) is -0.598. The van der Waals surface area contributed by atoms with Crippen LogP contribution in [0.2, 0.25) is 0 Å². The van der Waals surface area contributed by atoms with Crippen LogP contribution in [-0.2, 0) is 0 Å². The summed E-state index contributed by atoms with van der Waals surface area (Å²) in [6, 6.07) is 2.70. The molecule has 0 saturated carbocycles. The fourth-order valence-electron chi connectivity index (χ4n) is 1.07. The third kappa shape index (κ3) is 1.44. The molecule has 2 N–H and O–H groups in total. The monoisotopic (exact) mass is 167 g/mol. The van der Waals surface area contributed by atoms with E-state index in [1.165, 1.54) is 19.1 Å². The largest absolute Gasteiger partial charge is 0.399 e. The fraction of sp³-hybridized carbons (Fsp3) is 0.222. The maximum absolute atomic E-state index is 13.0. The highest BCUT2D eigenvalue weighted by Crippen LogP contribution is 2.17. The van der Waals surface area contributed by atoms with Crippen LogP contribution in [0.4, 0.5) is 10.1 Å². The van der Waals surface area contributed by atoms with Gasteiger partial charge >= 0.3 is 0 Å². The molecule has 0 aliphatic carbocycles. The van der Waals surface area contributed by atoms with Gasteiger partial charge in [0.1, 0.15) is 5.82 Å². The van der Waals surface area contributed by atoms with Gasteiger partial charge in [0.2, 0.25) is 0 Å². The van der Waals surface area contributed by atoms with Crippen molar-refractivity contribution in [1.29, 1.82) is 0 Å². The number of hydrogen-bond donors (Lipinski definition) is 1. The SMILES string of the molecule is CC(=O)c1cc(N)cc(F)c1C. The summed E-state index contributed by atoms with van der Waals surface area (Å²) in [5, 5.41) is 0. The van der Waals surface area contributed by atoms with Crippen LogP contribution in [0.15, 0.2) is 12.1 Å². The molecule has 0 bridgehead atoms. The average molecular weight is 167 g/mol. The molecule has 12 heavy (non-hydrogen) atoms. The quantitative estimate of drug-likeness (QED) is 0.513. The van der Waals surface area contributed by atoms with Crippen molar-refractivity contribution < 1.29 is 9.18 Å². The molecule has 0 fully saturated rings. The lowest BCUT2D eigenvalue weighted by molar-refractivity contribution is 0.101. The molecule has 0 aliphatic heterocycles. The number of rotatable bonds is 1. The molecule has 0 unspecified atom stereocenters. The van der Waals surface area contributed by atoms with Gasteiger partial charge in [0.25, 0.3) is 0 Å². The Balaban J connectivity index is 3.37. The second kappa shape index (κ2) is 2.93. The van der Waals surface area contributed by atoms with E-state index in [4.69, 9.17) is 5.73 Å². The zero-order valence-electron chi connectivity index (χ0n) is 7.02. The van der Waals surface area contributed by atoms with Gasteiger partial charge in [0.15, 0.2) is 5.78 Å². The van der Waals surface area contributed by atoms with Gasteiger partial charge in [-0.15, -0.1) is 0 Å². The summed E-state index contributed by atoms with van der Waals surface area (Å²) < 4.78 is 13.0. The number of benzene rings is 1. The summed E-state index contributed by atoms with van der Waals surface area (Å²) in [6.07, 6.45) is 0. The molecule has 1 rings (SSSR count). The van der Waals surface area contributed by atoms with Crippen LogP contribution in [0.5, 0.6) is 0 Å². The first-order valence-corrected chi connectivity index (χ1v) is 3.59. The molecule has 0 heterocycles. The summed E-state index contributed by atoms with van der Waals surface area (Å²) in [7, 11) is 0. The molecule has 0 saturated heterocycles. The number of ketones is 1. The van der Waals surface area contributed by atoms with E-state index in [-0.39, 0.29) is 11.5 Å². The highest BCUT2D eigenvalue weighted by Gasteiger charge is 2.08. The Morgan fingerprint density at radius 3 is 2.58 bits per heavy atom. The predicted octanol–water partition coefficient (Wildman–Crippen LogP) is 1.92. The molecule has 0 aromatic heterocycles. The first-order valence-electron chi connectivity index (χ1n) is 3.59. The Kier molecular flexibility index (Phi) is 2.13. The predicted molar refractivity (Wildman–Crippen MR) is 45.6 cm³/mol. The van der Waals surface area contributed by atoms with Crippen LogP contribution in [0, 0.1) is 12.7 Å². The summed E-state index contributed by atoms with van der Waals surface area (Å²) >= 11 is 0. The minimum atomic E-state index is -0.430. The number of halogens is 1. The van der Waals surface area contributed by atoms with Gasteiger partial charge in [-0.3, -0.25) is 4.79 Å². The number of Topliss-reactive ketones (excluding diaryl/α,β-unsaturated/α-hetero) is 1. The lowest BCUT2D eigenvalue weighted by atomic mass is 10.0. The highest BCUT2D eigenvalue weighted by molar-refractivity contribution is 5.96. The fourth-order valence-corrected chi connectivity index (χ4v) is 1.07. The van der Waals surface area contributed by atoms with Crippen LogP contribution >= 0.6 is 0 Å². The molecule has 0 aliphatic rings. The Labute approximate surface area is 70.2 Å². The van der Waals surface area contributed by atoms with Crippen molar-refractivity contribution in [3.05, 3.63) is 29.1 Å². The van der Waals surface area contributed by atoms with Gasteiger partial charge in [0, 0.05) is 11.3 Å². The molecule has 0 radical (unpaired) electrons. The normalized spacial score (nSPS) is 9.92. The van der Waals surface area contributed by atoms with Crippen LogP contribution in [0.1, 0.15) is 22.8 Å². The van der Waals surface area contributed by atoms with Crippen molar-refractivity contribution in [3.63, 3.8) is 0 Å². The van der Waals surface area contributed by atoms with Crippen molar-refractivity contribution in [2.45, 2.75) is 13.8 Å². The summed E-state index contributed by atoms with van der Waals surface area (Å²) in [6.45, 7) is 2.95. The number of hydrogen-bond acceptors (Lipinski definition) is 2. The third-order valence-corrected chi connectivity index (χ3v) is 1.75. The minimum Gasteiger partial charge on any atom is -0.399 e.